The molecule has 0 saturated heterocycles. The van der Waals surface area contributed by atoms with Crippen molar-refractivity contribution < 1.29 is 13.5 Å². The first-order valence-corrected chi connectivity index (χ1v) is 10.0. The van der Waals surface area contributed by atoms with Gasteiger partial charge in [-0.15, -0.1) is 0 Å². The lowest BCUT2D eigenvalue weighted by atomic mass is 9.98. The van der Waals surface area contributed by atoms with Crippen molar-refractivity contribution in [3.8, 4) is 5.75 Å². The Morgan fingerprint density at radius 2 is 1.44 bits per heavy atom. The van der Waals surface area contributed by atoms with Gasteiger partial charge in [-0.1, -0.05) is 66.7 Å². The molecule has 0 radical (unpaired) electrons. The van der Waals surface area contributed by atoms with Crippen LogP contribution < -0.4 is 0 Å². The second-order valence-corrected chi connectivity index (χ2v) is 8.08. The molecular formula is C21H18N2O3S. The lowest BCUT2D eigenvalue weighted by molar-refractivity contribution is 0.358. The summed E-state index contributed by atoms with van der Waals surface area (Å²) in [5.41, 5.74) is 2.07. The summed E-state index contributed by atoms with van der Waals surface area (Å²) in [6.07, 6.45) is 0.383. The molecule has 0 aliphatic carbocycles. The van der Waals surface area contributed by atoms with E-state index in [1.54, 1.807) is 54.6 Å². The normalized spacial score (nSPS) is 17.0. The number of aromatic hydroxyl groups is 1. The standard InChI is InChI=1S/C21H18N2O3S/c24-21-14-8-7-13-18(21)20-15-19(16-9-3-1-4-10-16)22-23(20)27(25,26)17-11-5-2-6-12-17/h1-14,20,24H,15H2. The highest BCUT2D eigenvalue weighted by Crippen LogP contribution is 2.40. The molecule has 136 valence electrons. The first-order chi connectivity index (χ1) is 13.1. The Bertz CT molecular complexity index is 1080. The minimum Gasteiger partial charge on any atom is -0.508 e. The molecule has 1 aliphatic rings. The summed E-state index contributed by atoms with van der Waals surface area (Å²) in [7, 11) is -3.86. The zero-order chi connectivity index (χ0) is 18.9. The molecule has 3 aromatic rings. The summed E-state index contributed by atoms with van der Waals surface area (Å²) in [5, 5.41) is 14.8. The molecule has 1 aliphatic heterocycles. The third-order valence-corrected chi connectivity index (χ3v) is 6.26. The minimum absolute atomic E-state index is 0.0558. The zero-order valence-corrected chi connectivity index (χ0v) is 15.3. The maximum Gasteiger partial charge on any atom is 0.279 e. The van der Waals surface area contributed by atoms with E-state index in [4.69, 9.17) is 0 Å². The van der Waals surface area contributed by atoms with E-state index in [0.717, 1.165) is 9.98 Å². The fraction of sp³-hybridized carbons (Fsp3) is 0.0952. The van der Waals surface area contributed by atoms with E-state index >= 15 is 0 Å². The first kappa shape index (κ1) is 17.3. The third kappa shape index (κ3) is 3.19. The van der Waals surface area contributed by atoms with E-state index in [1.807, 2.05) is 30.3 Å². The predicted octanol–water partition coefficient (Wildman–Crippen LogP) is 3.93. The van der Waals surface area contributed by atoms with Gasteiger partial charge in [0.05, 0.1) is 16.6 Å². The molecule has 0 saturated carbocycles. The third-order valence-electron chi connectivity index (χ3n) is 4.56. The van der Waals surface area contributed by atoms with Crippen LogP contribution >= 0.6 is 0 Å². The van der Waals surface area contributed by atoms with Gasteiger partial charge in [0.1, 0.15) is 5.75 Å². The molecular weight excluding hydrogens is 360 g/mol. The number of hydrazone groups is 1. The molecule has 0 amide bonds. The molecule has 4 rings (SSSR count). The van der Waals surface area contributed by atoms with Crippen LogP contribution in [0.1, 0.15) is 23.6 Å². The average Bonchev–Trinajstić information content (AvgIpc) is 3.16. The summed E-state index contributed by atoms with van der Waals surface area (Å²) in [4.78, 5) is 0.170. The molecule has 0 spiro atoms. The number of phenols is 1. The number of rotatable bonds is 4. The van der Waals surface area contributed by atoms with Crippen LogP contribution in [0.3, 0.4) is 0 Å². The van der Waals surface area contributed by atoms with Crippen LogP contribution in [0.5, 0.6) is 5.75 Å². The van der Waals surface area contributed by atoms with Crippen LogP contribution in [0.2, 0.25) is 0 Å². The number of hydrogen-bond acceptors (Lipinski definition) is 4. The number of phenolic OH excluding ortho intramolecular Hbond substituents is 1. The van der Waals surface area contributed by atoms with Gasteiger partial charge in [0, 0.05) is 12.0 Å². The SMILES string of the molecule is O=S(=O)(c1ccccc1)N1N=C(c2ccccc2)CC1c1ccccc1O. The maximum atomic E-state index is 13.2. The molecule has 1 heterocycles. The van der Waals surface area contributed by atoms with E-state index in [2.05, 4.69) is 5.10 Å². The van der Waals surface area contributed by atoms with Gasteiger partial charge in [-0.25, -0.2) is 0 Å². The Morgan fingerprint density at radius 3 is 2.11 bits per heavy atom. The highest BCUT2D eigenvalue weighted by molar-refractivity contribution is 7.89. The molecule has 6 heteroatoms. The smallest absolute Gasteiger partial charge is 0.279 e. The van der Waals surface area contributed by atoms with Gasteiger partial charge in [-0.05, 0) is 23.8 Å². The molecule has 1 N–H and O–H groups in total. The van der Waals surface area contributed by atoms with Gasteiger partial charge in [-0.3, -0.25) is 0 Å². The molecule has 27 heavy (non-hydrogen) atoms. The van der Waals surface area contributed by atoms with E-state index in [9.17, 15) is 13.5 Å². The second kappa shape index (κ2) is 6.89. The average molecular weight is 378 g/mol. The number of para-hydroxylation sites is 1. The monoisotopic (exact) mass is 378 g/mol. The fourth-order valence-electron chi connectivity index (χ4n) is 3.22. The predicted molar refractivity (Wildman–Crippen MR) is 104 cm³/mol. The fourth-order valence-corrected chi connectivity index (χ4v) is 4.66. The summed E-state index contributed by atoms with van der Waals surface area (Å²) in [6.45, 7) is 0. The Hall–Kier alpha value is -3.12. The molecule has 0 aromatic heterocycles. The lowest BCUT2D eigenvalue weighted by Gasteiger charge is -2.24. The Morgan fingerprint density at radius 1 is 0.852 bits per heavy atom. The molecule has 3 aromatic carbocycles. The van der Waals surface area contributed by atoms with Crippen LogP contribution in [0.15, 0.2) is 94.9 Å². The zero-order valence-electron chi connectivity index (χ0n) is 14.4. The van der Waals surface area contributed by atoms with Gasteiger partial charge in [0.15, 0.2) is 0 Å². The minimum atomic E-state index is -3.86. The maximum absolute atomic E-state index is 13.2. The molecule has 0 bridgehead atoms. The topological polar surface area (TPSA) is 70.0 Å². The van der Waals surface area contributed by atoms with E-state index in [0.29, 0.717) is 17.7 Å². The Labute approximate surface area is 158 Å². The summed E-state index contributed by atoms with van der Waals surface area (Å²) < 4.78 is 27.6. The van der Waals surface area contributed by atoms with Crippen molar-refractivity contribution in [1.29, 1.82) is 0 Å². The highest BCUT2D eigenvalue weighted by atomic mass is 32.2. The van der Waals surface area contributed by atoms with Crippen molar-refractivity contribution in [2.24, 2.45) is 5.10 Å². The van der Waals surface area contributed by atoms with Crippen molar-refractivity contribution >= 4 is 15.7 Å². The molecule has 0 fully saturated rings. The number of benzene rings is 3. The summed E-state index contributed by atoms with van der Waals surface area (Å²) >= 11 is 0. The van der Waals surface area contributed by atoms with Crippen LogP contribution in [-0.2, 0) is 10.0 Å². The van der Waals surface area contributed by atoms with Crippen molar-refractivity contribution in [3.05, 3.63) is 96.1 Å². The quantitative estimate of drug-likeness (QED) is 0.748. The van der Waals surface area contributed by atoms with Crippen molar-refractivity contribution in [2.75, 3.05) is 0 Å². The van der Waals surface area contributed by atoms with Crippen LogP contribution in [0.4, 0.5) is 0 Å². The number of sulfonamides is 1. The van der Waals surface area contributed by atoms with Gasteiger partial charge >= 0.3 is 0 Å². The number of nitrogens with zero attached hydrogens (tertiary/aromatic N) is 2. The molecule has 1 unspecified atom stereocenters. The molecule has 5 nitrogen and oxygen atoms in total. The van der Waals surface area contributed by atoms with Gasteiger partial charge < -0.3 is 5.11 Å². The lowest BCUT2D eigenvalue weighted by Crippen LogP contribution is -2.27. The largest absolute Gasteiger partial charge is 0.508 e. The van der Waals surface area contributed by atoms with Gasteiger partial charge in [0.25, 0.3) is 10.0 Å². The van der Waals surface area contributed by atoms with Crippen molar-refractivity contribution in [2.45, 2.75) is 17.4 Å². The first-order valence-electron chi connectivity index (χ1n) is 8.57. The van der Waals surface area contributed by atoms with Crippen molar-refractivity contribution in [1.82, 2.24) is 4.41 Å². The molecule has 1 atom stereocenters. The Kier molecular flexibility index (Phi) is 4.41. The Balaban J connectivity index is 1.83. The summed E-state index contributed by atoms with van der Waals surface area (Å²) in [6, 6.07) is 23.9. The van der Waals surface area contributed by atoms with Crippen LogP contribution in [-0.4, -0.2) is 23.7 Å². The van der Waals surface area contributed by atoms with Crippen LogP contribution in [0.25, 0.3) is 0 Å². The number of hydrogen-bond donors (Lipinski definition) is 1. The second-order valence-electron chi connectivity index (χ2n) is 6.28. The van der Waals surface area contributed by atoms with E-state index < -0.39 is 16.1 Å². The highest BCUT2D eigenvalue weighted by Gasteiger charge is 2.38. The van der Waals surface area contributed by atoms with Crippen molar-refractivity contribution in [3.63, 3.8) is 0 Å². The van der Waals surface area contributed by atoms with Gasteiger partial charge in [-0.2, -0.15) is 17.9 Å². The summed E-state index contributed by atoms with van der Waals surface area (Å²) in [5.74, 6) is 0.0558. The van der Waals surface area contributed by atoms with E-state index in [1.165, 1.54) is 0 Å². The van der Waals surface area contributed by atoms with Crippen LogP contribution in [0, 0.1) is 0 Å². The van der Waals surface area contributed by atoms with Gasteiger partial charge in [0.2, 0.25) is 0 Å². The van der Waals surface area contributed by atoms with E-state index in [-0.39, 0.29) is 10.6 Å².